The molecule has 0 radical (unpaired) electrons. The molecule has 4 aromatic rings. The van der Waals surface area contributed by atoms with Crippen LogP contribution < -0.4 is 0 Å². The highest BCUT2D eigenvalue weighted by atomic mass is 32.2. The number of para-hydroxylation sites is 1. The summed E-state index contributed by atoms with van der Waals surface area (Å²) in [5, 5.41) is 45.7. The summed E-state index contributed by atoms with van der Waals surface area (Å²) < 4.78 is 42.5. The third kappa shape index (κ3) is 4.06. The van der Waals surface area contributed by atoms with Gasteiger partial charge in [0.05, 0.1) is 23.5 Å². The maximum absolute atomic E-state index is 14.4. The molecular formula is C20H17FN6O5S. The quantitative estimate of drug-likeness (QED) is 0.381. The first-order chi connectivity index (χ1) is 15.7. The molecule has 2 aromatic heterocycles. The first-order valence-electron chi connectivity index (χ1n) is 9.38. The van der Waals surface area contributed by atoms with Crippen molar-refractivity contribution in [2.24, 2.45) is 0 Å². The molecule has 0 amide bonds. The number of phenols is 2. The Morgan fingerprint density at radius 3 is 2.45 bits per heavy atom. The Morgan fingerprint density at radius 2 is 1.76 bits per heavy atom. The van der Waals surface area contributed by atoms with Gasteiger partial charge < -0.3 is 15.3 Å². The van der Waals surface area contributed by atoms with Crippen LogP contribution in [0.25, 0.3) is 17.1 Å². The lowest BCUT2D eigenvalue weighted by molar-refractivity contribution is 0.418. The molecule has 0 aliphatic carbocycles. The van der Waals surface area contributed by atoms with E-state index in [0.29, 0.717) is 5.69 Å². The Hall–Kier alpha value is -4.10. The van der Waals surface area contributed by atoms with Crippen molar-refractivity contribution in [1.29, 1.82) is 0 Å². The molecule has 0 bridgehead atoms. The van der Waals surface area contributed by atoms with Crippen molar-refractivity contribution < 1.29 is 28.1 Å². The van der Waals surface area contributed by atoms with E-state index in [1.807, 2.05) is 0 Å². The highest BCUT2D eigenvalue weighted by molar-refractivity contribution is 7.89. The molecule has 170 valence electrons. The first kappa shape index (κ1) is 22.1. The molecule has 0 aliphatic rings. The zero-order valence-electron chi connectivity index (χ0n) is 17.0. The maximum Gasteiger partial charge on any atom is 0.319 e. The van der Waals surface area contributed by atoms with E-state index in [4.69, 9.17) is 0 Å². The van der Waals surface area contributed by atoms with Crippen molar-refractivity contribution in [3.8, 4) is 34.6 Å². The number of aromatic nitrogens is 5. The van der Waals surface area contributed by atoms with Crippen LogP contribution in [0.1, 0.15) is 5.69 Å². The lowest BCUT2D eigenvalue weighted by Gasteiger charge is -2.18. The lowest BCUT2D eigenvalue weighted by Crippen LogP contribution is -2.27. The van der Waals surface area contributed by atoms with Gasteiger partial charge >= 0.3 is 6.01 Å². The third-order valence-corrected chi connectivity index (χ3v) is 6.59. The number of aromatic hydroxyl groups is 3. The van der Waals surface area contributed by atoms with Crippen LogP contribution >= 0.6 is 0 Å². The van der Waals surface area contributed by atoms with E-state index < -0.39 is 38.2 Å². The first-order valence-corrected chi connectivity index (χ1v) is 10.8. The molecule has 0 atom stereocenters. The number of rotatable bonds is 6. The van der Waals surface area contributed by atoms with Gasteiger partial charge in [0.25, 0.3) is 0 Å². The van der Waals surface area contributed by atoms with Gasteiger partial charge in [0.2, 0.25) is 10.0 Å². The van der Waals surface area contributed by atoms with Gasteiger partial charge in [-0.05, 0) is 30.3 Å². The van der Waals surface area contributed by atoms with Gasteiger partial charge in [-0.25, -0.2) is 17.4 Å². The molecule has 2 aromatic carbocycles. The topological polar surface area (TPSA) is 155 Å². The molecule has 33 heavy (non-hydrogen) atoms. The number of hydrogen-bond acceptors (Lipinski definition) is 9. The number of sulfonamides is 1. The van der Waals surface area contributed by atoms with Crippen molar-refractivity contribution in [2.45, 2.75) is 11.4 Å². The lowest BCUT2D eigenvalue weighted by atomic mass is 10.1. The second-order valence-corrected chi connectivity index (χ2v) is 8.94. The van der Waals surface area contributed by atoms with Gasteiger partial charge in [0.1, 0.15) is 22.2 Å². The Labute approximate surface area is 187 Å². The maximum atomic E-state index is 14.4. The molecule has 13 heteroatoms. The van der Waals surface area contributed by atoms with Crippen LogP contribution in [0.4, 0.5) is 4.39 Å². The number of phenolic OH excluding ortho intramolecular Hbond substituents is 2. The van der Waals surface area contributed by atoms with Gasteiger partial charge in [-0.3, -0.25) is 0 Å². The molecule has 0 saturated heterocycles. The molecule has 3 N–H and O–H groups in total. The van der Waals surface area contributed by atoms with E-state index in [9.17, 15) is 28.1 Å². The predicted molar refractivity (Wildman–Crippen MR) is 112 cm³/mol. The van der Waals surface area contributed by atoms with Crippen LogP contribution in [0.2, 0.25) is 0 Å². The van der Waals surface area contributed by atoms with Gasteiger partial charge in [-0.2, -0.15) is 14.5 Å². The van der Waals surface area contributed by atoms with Crippen molar-refractivity contribution in [1.82, 2.24) is 29.3 Å². The summed E-state index contributed by atoms with van der Waals surface area (Å²) in [6.07, 6.45) is 1.44. The summed E-state index contributed by atoms with van der Waals surface area (Å²) in [4.78, 5) is -0.552. The fourth-order valence-corrected chi connectivity index (χ4v) is 4.38. The van der Waals surface area contributed by atoms with Crippen molar-refractivity contribution in [3.63, 3.8) is 0 Å². The Bertz CT molecular complexity index is 1430. The normalized spacial score (nSPS) is 11.7. The summed E-state index contributed by atoms with van der Waals surface area (Å²) in [5.74, 6) is -2.25. The SMILES string of the molecule is CN(Cc1cccnn1)S(=O)(=O)c1cc(-c2nnc(O)n2-c2ccccc2F)c(O)cc1O. The van der Waals surface area contributed by atoms with Crippen LogP contribution in [0.5, 0.6) is 17.5 Å². The van der Waals surface area contributed by atoms with E-state index in [1.54, 1.807) is 12.1 Å². The van der Waals surface area contributed by atoms with E-state index >= 15 is 0 Å². The zero-order valence-corrected chi connectivity index (χ0v) is 17.8. The fraction of sp³-hybridized carbons (Fsp3) is 0.100. The largest absolute Gasteiger partial charge is 0.507 e. The molecule has 4 rings (SSSR count). The van der Waals surface area contributed by atoms with Crippen molar-refractivity contribution in [2.75, 3.05) is 7.05 Å². The van der Waals surface area contributed by atoms with Gasteiger partial charge in [0.15, 0.2) is 5.82 Å². The molecular weight excluding hydrogens is 455 g/mol. The molecule has 0 aliphatic heterocycles. The van der Waals surface area contributed by atoms with Crippen LogP contribution in [0.3, 0.4) is 0 Å². The summed E-state index contributed by atoms with van der Waals surface area (Å²) >= 11 is 0. The van der Waals surface area contributed by atoms with Crippen molar-refractivity contribution in [3.05, 3.63) is 66.2 Å². The summed E-state index contributed by atoms with van der Waals surface area (Å²) in [6.45, 7) is -0.141. The summed E-state index contributed by atoms with van der Waals surface area (Å²) in [5.41, 5.74) is 0.0215. The highest BCUT2D eigenvalue weighted by Gasteiger charge is 2.29. The monoisotopic (exact) mass is 472 g/mol. The van der Waals surface area contributed by atoms with Gasteiger partial charge in [0, 0.05) is 19.3 Å². The third-order valence-electron chi connectivity index (χ3n) is 4.76. The minimum atomic E-state index is -4.28. The summed E-state index contributed by atoms with van der Waals surface area (Å²) in [7, 11) is -3.00. The zero-order chi connectivity index (χ0) is 23.8. The minimum Gasteiger partial charge on any atom is -0.507 e. The fourth-order valence-electron chi connectivity index (χ4n) is 3.15. The molecule has 0 unspecified atom stereocenters. The van der Waals surface area contributed by atoms with E-state index in [1.165, 1.54) is 31.4 Å². The molecule has 0 saturated carbocycles. The number of halogens is 1. The number of hydrogen-bond donors (Lipinski definition) is 3. The Morgan fingerprint density at radius 1 is 1.00 bits per heavy atom. The Kier molecular flexibility index (Phi) is 5.66. The smallest absolute Gasteiger partial charge is 0.319 e. The molecule has 2 heterocycles. The van der Waals surface area contributed by atoms with Crippen molar-refractivity contribution >= 4 is 10.0 Å². The second kappa shape index (κ2) is 8.44. The standard InChI is InChI=1S/C20H17FN6O5S/c1-26(11-12-5-4-8-22-23-12)33(31,32)18-9-13(16(28)10-17(18)29)19-24-25-20(30)27(19)15-7-3-2-6-14(15)21/h2-10,28-29H,11H2,1H3,(H,25,30). The van der Waals surface area contributed by atoms with Crippen LogP contribution in [-0.2, 0) is 16.6 Å². The Balaban J connectivity index is 1.82. The average molecular weight is 472 g/mol. The van der Waals surface area contributed by atoms with E-state index in [2.05, 4.69) is 20.4 Å². The van der Waals surface area contributed by atoms with Crippen LogP contribution in [0, 0.1) is 5.82 Å². The molecule has 0 fully saturated rings. The highest BCUT2D eigenvalue weighted by Crippen LogP contribution is 2.39. The van der Waals surface area contributed by atoms with E-state index in [0.717, 1.165) is 27.1 Å². The van der Waals surface area contributed by atoms with Gasteiger partial charge in [-0.15, -0.1) is 5.10 Å². The predicted octanol–water partition coefficient (Wildman–Crippen LogP) is 1.80. The minimum absolute atomic E-state index is 0.133. The summed E-state index contributed by atoms with van der Waals surface area (Å²) in [6, 6.07) is 9.71. The average Bonchev–Trinajstić information content (AvgIpc) is 3.15. The second-order valence-electron chi connectivity index (χ2n) is 6.92. The van der Waals surface area contributed by atoms with Crippen LogP contribution in [0.15, 0.2) is 59.6 Å². The molecule has 0 spiro atoms. The van der Waals surface area contributed by atoms with E-state index in [-0.39, 0.29) is 23.6 Å². The number of nitrogens with zero attached hydrogens (tertiary/aromatic N) is 6. The molecule has 11 nitrogen and oxygen atoms in total. The van der Waals surface area contributed by atoms with Gasteiger partial charge in [-0.1, -0.05) is 17.2 Å². The van der Waals surface area contributed by atoms with Crippen LogP contribution in [-0.4, -0.2) is 60.1 Å². The number of benzene rings is 2.